The molecule has 0 aromatic heterocycles. The molecule has 0 aromatic rings. The second kappa shape index (κ2) is 7.67. The number of nitrogens with one attached hydrogen (secondary N) is 1. The van der Waals surface area contributed by atoms with Gasteiger partial charge in [0, 0.05) is 12.5 Å². The van der Waals surface area contributed by atoms with E-state index in [-0.39, 0.29) is 11.8 Å². The fraction of sp³-hybridized carbons (Fsp3) is 0.818. The second-order valence-electron chi connectivity index (χ2n) is 4.56. The van der Waals surface area contributed by atoms with Crippen LogP contribution >= 0.6 is 11.6 Å². The van der Waals surface area contributed by atoms with E-state index in [0.717, 1.165) is 0 Å². The van der Waals surface area contributed by atoms with Crippen molar-refractivity contribution in [1.29, 1.82) is 0 Å². The molecule has 0 saturated carbocycles. The normalized spacial score (nSPS) is 13.7. The maximum absolute atomic E-state index is 12.7. The van der Waals surface area contributed by atoms with Gasteiger partial charge in [-0.25, -0.2) is 8.78 Å². The Labute approximate surface area is 113 Å². The summed E-state index contributed by atoms with van der Waals surface area (Å²) in [5, 5.41) is 1.68. The summed E-state index contributed by atoms with van der Waals surface area (Å²) in [5.41, 5.74) is 0. The lowest BCUT2D eigenvalue weighted by atomic mass is 9.94. The first-order valence-corrected chi connectivity index (χ1v) is 6.19. The van der Waals surface area contributed by atoms with Crippen LogP contribution in [0, 0.1) is 11.8 Å². The number of Topliss-reactive ketones (excluding diaryl/α,β-unsaturated/α-hetero) is 1. The Morgan fingerprint density at radius 1 is 1.26 bits per heavy atom. The van der Waals surface area contributed by atoms with Gasteiger partial charge in [0.2, 0.25) is 0 Å². The van der Waals surface area contributed by atoms with Crippen LogP contribution in [-0.4, -0.2) is 36.5 Å². The zero-order chi connectivity index (χ0) is 15.2. The second-order valence-corrected chi connectivity index (χ2v) is 4.83. The molecule has 112 valence electrons. The van der Waals surface area contributed by atoms with Crippen molar-refractivity contribution in [3.8, 4) is 0 Å². The predicted octanol–water partition coefficient (Wildman–Crippen LogP) is 2.47. The fourth-order valence-electron chi connectivity index (χ4n) is 1.44. The lowest BCUT2D eigenvalue weighted by Gasteiger charge is -2.20. The summed E-state index contributed by atoms with van der Waals surface area (Å²) < 4.78 is 49.2. The van der Waals surface area contributed by atoms with Gasteiger partial charge in [-0.2, -0.15) is 8.78 Å². The third-order valence-corrected chi connectivity index (χ3v) is 2.69. The molecule has 0 rings (SSSR count). The van der Waals surface area contributed by atoms with Gasteiger partial charge in [0.1, 0.15) is 0 Å². The quantitative estimate of drug-likeness (QED) is 0.553. The van der Waals surface area contributed by atoms with Crippen molar-refractivity contribution in [3.63, 3.8) is 0 Å². The largest absolute Gasteiger partial charge is 0.383 e. The molecule has 0 heterocycles. The first-order valence-electron chi connectivity index (χ1n) is 5.65. The molecule has 0 aliphatic carbocycles. The summed E-state index contributed by atoms with van der Waals surface area (Å²) in [6, 6.07) is 0. The molecule has 0 saturated heterocycles. The number of hydrogen-bond acceptors (Lipinski definition) is 2. The van der Waals surface area contributed by atoms with E-state index in [1.807, 2.05) is 0 Å². The third-order valence-electron chi connectivity index (χ3n) is 2.43. The van der Waals surface area contributed by atoms with Crippen LogP contribution in [0.15, 0.2) is 0 Å². The van der Waals surface area contributed by atoms with E-state index in [2.05, 4.69) is 0 Å². The molecule has 0 bridgehead atoms. The highest BCUT2D eigenvalue weighted by molar-refractivity contribution is 6.27. The number of carbonyl (C=O) groups is 2. The number of carbonyl (C=O) groups excluding carboxylic acids is 2. The summed E-state index contributed by atoms with van der Waals surface area (Å²) in [4.78, 5) is 22.3. The van der Waals surface area contributed by atoms with Crippen LogP contribution in [0.1, 0.15) is 20.3 Å². The maximum Gasteiger partial charge on any atom is 0.383 e. The zero-order valence-electron chi connectivity index (χ0n) is 10.6. The molecule has 0 aliphatic rings. The number of ketones is 1. The molecule has 1 N–H and O–H groups in total. The van der Waals surface area contributed by atoms with E-state index in [9.17, 15) is 27.2 Å². The van der Waals surface area contributed by atoms with Crippen molar-refractivity contribution in [2.75, 3.05) is 12.4 Å². The molecule has 1 atom stereocenters. The molecular weight excluding hydrogens is 290 g/mol. The molecule has 1 unspecified atom stereocenters. The molecular formula is C11H16ClF4NO2. The highest BCUT2D eigenvalue weighted by atomic mass is 35.5. The van der Waals surface area contributed by atoms with Crippen molar-refractivity contribution >= 4 is 23.3 Å². The molecule has 3 nitrogen and oxygen atoms in total. The number of alkyl halides is 5. The minimum absolute atomic E-state index is 0.0738. The van der Waals surface area contributed by atoms with Crippen LogP contribution in [0.2, 0.25) is 0 Å². The van der Waals surface area contributed by atoms with Gasteiger partial charge in [0.15, 0.2) is 5.78 Å². The van der Waals surface area contributed by atoms with Crippen molar-refractivity contribution < 1.29 is 27.2 Å². The van der Waals surface area contributed by atoms with E-state index in [1.54, 1.807) is 19.2 Å². The van der Waals surface area contributed by atoms with Gasteiger partial charge in [-0.1, -0.05) is 13.8 Å². The molecule has 0 aromatic carbocycles. The Morgan fingerprint density at radius 2 is 1.79 bits per heavy atom. The maximum atomic E-state index is 12.7. The predicted molar refractivity (Wildman–Crippen MR) is 62.6 cm³/mol. The first kappa shape index (κ1) is 18.1. The molecule has 19 heavy (non-hydrogen) atoms. The fourth-order valence-corrected chi connectivity index (χ4v) is 1.66. The average Bonchev–Trinajstić information content (AvgIpc) is 2.32. The Kier molecular flexibility index (Phi) is 7.33. The molecule has 0 aliphatic heterocycles. The summed E-state index contributed by atoms with van der Waals surface area (Å²) >= 11 is 5.36. The Balaban J connectivity index is 4.56. The number of rotatable bonds is 8. The van der Waals surface area contributed by atoms with Gasteiger partial charge in [-0.15, -0.1) is 11.6 Å². The van der Waals surface area contributed by atoms with Crippen molar-refractivity contribution in [1.82, 2.24) is 5.32 Å². The number of amides is 1. The Morgan fingerprint density at radius 3 is 2.16 bits per heavy atom. The summed E-state index contributed by atoms with van der Waals surface area (Å²) in [5.74, 6) is -8.26. The zero-order valence-corrected chi connectivity index (χ0v) is 11.3. The van der Waals surface area contributed by atoms with Crippen LogP contribution in [0.3, 0.4) is 0 Å². The van der Waals surface area contributed by atoms with E-state index in [0.29, 0.717) is 6.42 Å². The molecule has 1 amide bonds. The van der Waals surface area contributed by atoms with Crippen LogP contribution in [0.5, 0.6) is 0 Å². The Hall–Kier alpha value is -0.850. The van der Waals surface area contributed by atoms with Crippen molar-refractivity contribution in [2.45, 2.75) is 32.6 Å². The lowest BCUT2D eigenvalue weighted by molar-refractivity contribution is -0.169. The van der Waals surface area contributed by atoms with Crippen molar-refractivity contribution in [3.05, 3.63) is 0 Å². The lowest BCUT2D eigenvalue weighted by Crippen LogP contribution is -2.47. The highest BCUT2D eigenvalue weighted by Crippen LogP contribution is 2.23. The van der Waals surface area contributed by atoms with E-state index in [1.165, 1.54) is 0 Å². The first-order chi connectivity index (χ1) is 8.62. The number of hydrogen-bond donors (Lipinski definition) is 1. The SMILES string of the molecule is CC(C)CC(CNC(=O)C(F)(F)C(F)F)C(=O)CCl. The van der Waals surface area contributed by atoms with Gasteiger partial charge in [-0.05, 0) is 12.3 Å². The highest BCUT2D eigenvalue weighted by Gasteiger charge is 2.48. The van der Waals surface area contributed by atoms with E-state index >= 15 is 0 Å². The van der Waals surface area contributed by atoms with Crippen LogP contribution in [-0.2, 0) is 9.59 Å². The van der Waals surface area contributed by atoms with Gasteiger partial charge >= 0.3 is 12.3 Å². The minimum Gasteiger partial charge on any atom is -0.350 e. The van der Waals surface area contributed by atoms with Crippen molar-refractivity contribution in [2.24, 2.45) is 11.8 Å². The third kappa shape index (κ3) is 5.76. The molecule has 0 fully saturated rings. The molecule has 0 radical (unpaired) electrons. The van der Waals surface area contributed by atoms with E-state index in [4.69, 9.17) is 11.6 Å². The number of halogens is 5. The van der Waals surface area contributed by atoms with Crippen LogP contribution in [0.25, 0.3) is 0 Å². The smallest absolute Gasteiger partial charge is 0.350 e. The average molecular weight is 306 g/mol. The van der Waals surface area contributed by atoms with Gasteiger partial charge in [-0.3, -0.25) is 9.59 Å². The van der Waals surface area contributed by atoms with Gasteiger partial charge in [0.05, 0.1) is 5.88 Å². The van der Waals surface area contributed by atoms with Crippen LogP contribution in [0.4, 0.5) is 17.6 Å². The summed E-state index contributed by atoms with van der Waals surface area (Å²) in [6.45, 7) is 3.17. The van der Waals surface area contributed by atoms with Gasteiger partial charge < -0.3 is 5.32 Å². The summed E-state index contributed by atoms with van der Waals surface area (Å²) in [7, 11) is 0. The summed E-state index contributed by atoms with van der Waals surface area (Å²) in [6.07, 6.45) is -3.76. The standard InChI is InChI=1S/C11H16ClF4NO2/c1-6(2)3-7(8(18)4-12)5-17-10(19)11(15,16)9(13)14/h6-7,9H,3-5H2,1-2H3,(H,17,19). The molecule has 8 heteroatoms. The topological polar surface area (TPSA) is 46.2 Å². The minimum atomic E-state index is -4.76. The Bertz CT molecular complexity index is 324. The van der Waals surface area contributed by atoms with Gasteiger partial charge in [0.25, 0.3) is 5.91 Å². The van der Waals surface area contributed by atoms with E-state index < -0.39 is 36.5 Å². The molecule has 0 spiro atoms. The monoisotopic (exact) mass is 305 g/mol. The van der Waals surface area contributed by atoms with Crippen LogP contribution < -0.4 is 5.32 Å².